The fourth-order valence-electron chi connectivity index (χ4n) is 5.88. The van der Waals surface area contributed by atoms with Gasteiger partial charge >= 0.3 is 0 Å². The van der Waals surface area contributed by atoms with E-state index in [1.807, 2.05) is 12.3 Å². The third-order valence-corrected chi connectivity index (χ3v) is 7.63. The van der Waals surface area contributed by atoms with E-state index in [0.717, 1.165) is 11.1 Å². The largest absolute Gasteiger partial charge is 0.256 e. The zero-order valence-electron chi connectivity index (χ0n) is 19.6. The van der Waals surface area contributed by atoms with Gasteiger partial charge in [-0.1, -0.05) is 103 Å². The van der Waals surface area contributed by atoms with Crippen LogP contribution in [0.1, 0.15) is 0 Å². The Morgan fingerprint density at radius 2 is 0.944 bits per heavy atom. The minimum absolute atomic E-state index is 1.03. The second-order valence-electron chi connectivity index (χ2n) is 9.63. The van der Waals surface area contributed by atoms with E-state index in [9.17, 15) is 0 Å². The van der Waals surface area contributed by atoms with Crippen molar-refractivity contribution in [2.75, 3.05) is 0 Å². The average Bonchev–Trinajstić information content (AvgIpc) is 2.95. The Kier molecular flexibility index (Phi) is 4.00. The normalized spacial score (nSPS) is 11.9. The third-order valence-electron chi connectivity index (χ3n) is 7.63. The summed E-state index contributed by atoms with van der Waals surface area (Å²) in [6.45, 7) is 0. The number of hydrogen-bond donors (Lipinski definition) is 0. The molecule has 0 bridgehead atoms. The van der Waals surface area contributed by atoms with Crippen molar-refractivity contribution >= 4 is 54.0 Å². The summed E-state index contributed by atoms with van der Waals surface area (Å²) in [4.78, 5) is 4.75. The molecule has 0 spiro atoms. The van der Waals surface area contributed by atoms with Crippen molar-refractivity contribution in [1.29, 1.82) is 0 Å². The molecule has 0 N–H and O–H groups in total. The zero-order valence-corrected chi connectivity index (χ0v) is 19.6. The molecule has 0 fully saturated rings. The van der Waals surface area contributed by atoms with Crippen molar-refractivity contribution < 1.29 is 0 Å². The van der Waals surface area contributed by atoms with Gasteiger partial charge in [-0.25, -0.2) is 0 Å². The molecule has 0 radical (unpaired) electrons. The molecule has 166 valence electrons. The molecule has 0 aliphatic rings. The van der Waals surface area contributed by atoms with Gasteiger partial charge in [0.2, 0.25) is 0 Å². The lowest BCUT2D eigenvalue weighted by Crippen LogP contribution is -1.90. The number of benzene rings is 7. The molecule has 0 aliphatic carbocycles. The molecule has 1 aromatic heterocycles. The molecule has 1 nitrogen and oxygen atoms in total. The molecular formula is C35H21N. The summed E-state index contributed by atoms with van der Waals surface area (Å²) in [5, 5.41) is 11.5. The number of para-hydroxylation sites is 1. The van der Waals surface area contributed by atoms with E-state index in [-0.39, 0.29) is 0 Å². The Morgan fingerprint density at radius 3 is 1.69 bits per heavy atom. The van der Waals surface area contributed by atoms with Crippen LogP contribution in [0.15, 0.2) is 128 Å². The Balaban J connectivity index is 1.42. The van der Waals surface area contributed by atoms with Gasteiger partial charge in [0.05, 0.1) is 5.52 Å². The second-order valence-corrected chi connectivity index (χ2v) is 9.63. The number of pyridine rings is 1. The maximum absolute atomic E-state index is 4.75. The Labute approximate surface area is 208 Å². The highest BCUT2D eigenvalue weighted by Crippen LogP contribution is 2.42. The Morgan fingerprint density at radius 1 is 0.389 bits per heavy atom. The first kappa shape index (κ1) is 19.5. The van der Waals surface area contributed by atoms with Gasteiger partial charge in [-0.05, 0) is 78.0 Å². The van der Waals surface area contributed by atoms with Crippen molar-refractivity contribution in [3.63, 3.8) is 0 Å². The predicted octanol–water partition coefficient (Wildman–Crippen LogP) is 9.62. The van der Waals surface area contributed by atoms with Crippen LogP contribution < -0.4 is 0 Å². The molecule has 0 aliphatic heterocycles. The summed E-state index contributed by atoms with van der Waals surface area (Å²) in [6, 6.07) is 44.1. The van der Waals surface area contributed by atoms with Gasteiger partial charge in [0.1, 0.15) is 0 Å². The maximum Gasteiger partial charge on any atom is 0.0702 e. The lowest BCUT2D eigenvalue weighted by molar-refractivity contribution is 1.41. The van der Waals surface area contributed by atoms with Crippen LogP contribution >= 0.6 is 0 Å². The van der Waals surface area contributed by atoms with Gasteiger partial charge in [0.25, 0.3) is 0 Å². The van der Waals surface area contributed by atoms with E-state index in [2.05, 4.69) is 115 Å². The first-order valence-electron chi connectivity index (χ1n) is 12.4. The molecule has 8 aromatic rings. The van der Waals surface area contributed by atoms with Gasteiger partial charge in [-0.2, -0.15) is 0 Å². The first-order valence-corrected chi connectivity index (χ1v) is 12.4. The van der Waals surface area contributed by atoms with Crippen LogP contribution in [-0.4, -0.2) is 4.98 Å². The molecule has 1 heterocycles. The van der Waals surface area contributed by atoms with E-state index < -0.39 is 0 Å². The van der Waals surface area contributed by atoms with Crippen molar-refractivity contribution in [2.24, 2.45) is 0 Å². The molecule has 0 saturated carbocycles. The van der Waals surface area contributed by atoms with Crippen LogP contribution in [-0.2, 0) is 0 Å². The fourth-order valence-corrected chi connectivity index (χ4v) is 5.88. The standard InChI is InChI=1S/C35H21N/c1-2-6-25-19-26(10-9-22(25)5-1)29-15-11-23-14-18-32-30(16-12-24-13-17-31(29)34(23)35(24)32)28-20-27-7-3-4-8-33(27)36-21-28/h1-21H. The summed E-state index contributed by atoms with van der Waals surface area (Å²) in [6.07, 6.45) is 2.01. The van der Waals surface area contributed by atoms with Crippen LogP contribution in [0.2, 0.25) is 0 Å². The van der Waals surface area contributed by atoms with Gasteiger partial charge in [0.15, 0.2) is 0 Å². The Bertz CT molecular complexity index is 1950. The zero-order chi connectivity index (χ0) is 23.6. The van der Waals surface area contributed by atoms with Crippen LogP contribution in [0, 0.1) is 0 Å². The monoisotopic (exact) mass is 455 g/mol. The van der Waals surface area contributed by atoms with E-state index in [0.29, 0.717) is 0 Å². The average molecular weight is 456 g/mol. The van der Waals surface area contributed by atoms with E-state index >= 15 is 0 Å². The number of rotatable bonds is 2. The van der Waals surface area contributed by atoms with Crippen LogP contribution in [0.3, 0.4) is 0 Å². The summed E-state index contributed by atoms with van der Waals surface area (Å²) < 4.78 is 0. The molecule has 0 amide bonds. The topological polar surface area (TPSA) is 12.9 Å². The maximum atomic E-state index is 4.75. The smallest absolute Gasteiger partial charge is 0.0702 e. The summed E-state index contributed by atoms with van der Waals surface area (Å²) in [7, 11) is 0. The summed E-state index contributed by atoms with van der Waals surface area (Å²) >= 11 is 0. The number of aromatic nitrogens is 1. The Hall–Kier alpha value is -4.75. The van der Waals surface area contributed by atoms with E-state index in [1.54, 1.807) is 0 Å². The van der Waals surface area contributed by atoms with Gasteiger partial charge in [-0.3, -0.25) is 4.98 Å². The minimum Gasteiger partial charge on any atom is -0.256 e. The predicted molar refractivity (Wildman–Crippen MR) is 154 cm³/mol. The minimum atomic E-state index is 1.03. The van der Waals surface area contributed by atoms with Crippen molar-refractivity contribution in [2.45, 2.75) is 0 Å². The number of hydrogen-bond acceptors (Lipinski definition) is 1. The second kappa shape index (κ2) is 7.37. The molecule has 0 unspecified atom stereocenters. The highest BCUT2D eigenvalue weighted by Gasteiger charge is 2.15. The van der Waals surface area contributed by atoms with Gasteiger partial charge in [-0.15, -0.1) is 0 Å². The summed E-state index contributed by atoms with van der Waals surface area (Å²) in [5.74, 6) is 0. The molecular weight excluding hydrogens is 434 g/mol. The first-order chi connectivity index (χ1) is 17.8. The SMILES string of the molecule is c1ccc2cc(-c3ccc4ccc5c(-c6cnc7ccccc7c6)ccc6ccc3c4c65)ccc2c1. The van der Waals surface area contributed by atoms with E-state index in [1.165, 1.54) is 65.2 Å². The van der Waals surface area contributed by atoms with Crippen molar-refractivity contribution in [3.8, 4) is 22.3 Å². The van der Waals surface area contributed by atoms with Gasteiger partial charge < -0.3 is 0 Å². The molecule has 0 saturated heterocycles. The molecule has 0 atom stereocenters. The molecule has 36 heavy (non-hydrogen) atoms. The van der Waals surface area contributed by atoms with Crippen LogP contribution in [0.25, 0.3) is 76.2 Å². The highest BCUT2D eigenvalue weighted by atomic mass is 14.6. The van der Waals surface area contributed by atoms with Gasteiger partial charge in [0, 0.05) is 17.1 Å². The molecule has 8 rings (SSSR count). The quantitative estimate of drug-likeness (QED) is 0.236. The number of nitrogens with zero attached hydrogens (tertiary/aromatic N) is 1. The lowest BCUT2D eigenvalue weighted by atomic mass is 9.87. The van der Waals surface area contributed by atoms with Crippen molar-refractivity contribution in [3.05, 3.63) is 128 Å². The van der Waals surface area contributed by atoms with Crippen molar-refractivity contribution in [1.82, 2.24) is 4.98 Å². The lowest BCUT2D eigenvalue weighted by Gasteiger charge is -2.17. The van der Waals surface area contributed by atoms with Crippen LogP contribution in [0.5, 0.6) is 0 Å². The third kappa shape index (κ3) is 2.80. The fraction of sp³-hybridized carbons (Fsp3) is 0. The van der Waals surface area contributed by atoms with Crippen LogP contribution in [0.4, 0.5) is 0 Å². The van der Waals surface area contributed by atoms with E-state index in [4.69, 9.17) is 4.98 Å². The molecule has 1 heteroatoms. The number of fused-ring (bicyclic) bond motifs is 2. The molecule has 7 aromatic carbocycles. The summed E-state index contributed by atoms with van der Waals surface area (Å²) in [5.41, 5.74) is 5.94. The highest BCUT2D eigenvalue weighted by molar-refractivity contribution is 6.27.